The Labute approximate surface area is 138 Å². The van der Waals surface area contributed by atoms with Gasteiger partial charge in [-0.05, 0) is 19.4 Å². The van der Waals surface area contributed by atoms with Crippen LogP contribution in [0.2, 0.25) is 0 Å². The summed E-state index contributed by atoms with van der Waals surface area (Å²) in [6, 6.07) is 10.2. The van der Waals surface area contributed by atoms with E-state index in [0.717, 1.165) is 15.5 Å². The van der Waals surface area contributed by atoms with Crippen molar-refractivity contribution in [2.45, 2.75) is 39.3 Å². The monoisotopic (exact) mass is 329 g/mol. The molecule has 0 aliphatic carbocycles. The largest absolute Gasteiger partial charge is 0.336 e. The van der Waals surface area contributed by atoms with Crippen LogP contribution in [0.15, 0.2) is 36.7 Å². The van der Waals surface area contributed by atoms with Crippen molar-refractivity contribution in [1.29, 1.82) is 0 Å². The predicted octanol–water partition coefficient (Wildman–Crippen LogP) is 2.56. The number of hydrogen-bond acceptors (Lipinski definition) is 5. The van der Waals surface area contributed by atoms with Crippen molar-refractivity contribution in [3.05, 3.63) is 47.2 Å². The molecule has 0 spiro atoms. The number of amides is 1. The summed E-state index contributed by atoms with van der Waals surface area (Å²) in [5.41, 5.74) is 1.15. The standard InChI is InChI=1S/C16H19N5OS/c1-12(2)20(10-13-6-4-3-5-7-13)15(22)9-8-14-19-21-11-17-18-16(21)23-14/h3-7,11-12H,8-10H2,1-2H3. The summed E-state index contributed by atoms with van der Waals surface area (Å²) in [7, 11) is 0. The molecule has 23 heavy (non-hydrogen) atoms. The molecule has 6 nitrogen and oxygen atoms in total. The van der Waals surface area contributed by atoms with E-state index in [9.17, 15) is 4.79 Å². The van der Waals surface area contributed by atoms with E-state index in [-0.39, 0.29) is 11.9 Å². The van der Waals surface area contributed by atoms with Gasteiger partial charge in [0, 0.05) is 25.4 Å². The molecule has 0 aliphatic rings. The summed E-state index contributed by atoms with van der Waals surface area (Å²) in [6.45, 7) is 4.73. The van der Waals surface area contributed by atoms with E-state index >= 15 is 0 Å². The SMILES string of the molecule is CC(C)N(Cc1ccccc1)C(=O)CCc1nn2cnnc2s1. The van der Waals surface area contributed by atoms with Crippen LogP contribution >= 0.6 is 11.3 Å². The van der Waals surface area contributed by atoms with Crippen molar-refractivity contribution in [2.75, 3.05) is 0 Å². The van der Waals surface area contributed by atoms with Crippen molar-refractivity contribution < 1.29 is 4.79 Å². The fourth-order valence-corrected chi connectivity index (χ4v) is 3.21. The average Bonchev–Trinajstić information content (AvgIpc) is 3.12. The number of fused-ring (bicyclic) bond motifs is 1. The van der Waals surface area contributed by atoms with Gasteiger partial charge in [0.15, 0.2) is 0 Å². The number of carbonyl (C=O) groups excluding carboxylic acids is 1. The number of benzene rings is 1. The van der Waals surface area contributed by atoms with Crippen LogP contribution in [0.3, 0.4) is 0 Å². The van der Waals surface area contributed by atoms with Crippen LogP contribution in [0, 0.1) is 0 Å². The lowest BCUT2D eigenvalue weighted by Gasteiger charge is -2.27. The molecule has 0 fully saturated rings. The van der Waals surface area contributed by atoms with Crippen LogP contribution < -0.4 is 0 Å². The zero-order valence-corrected chi connectivity index (χ0v) is 14.0. The summed E-state index contributed by atoms with van der Waals surface area (Å²) < 4.78 is 1.65. The lowest BCUT2D eigenvalue weighted by Crippen LogP contribution is -2.36. The molecule has 0 radical (unpaired) electrons. The van der Waals surface area contributed by atoms with Crippen LogP contribution in [0.1, 0.15) is 30.8 Å². The van der Waals surface area contributed by atoms with E-state index in [1.165, 1.54) is 11.3 Å². The fraction of sp³-hybridized carbons (Fsp3) is 0.375. The zero-order valence-electron chi connectivity index (χ0n) is 13.2. The van der Waals surface area contributed by atoms with Gasteiger partial charge < -0.3 is 4.90 Å². The highest BCUT2D eigenvalue weighted by atomic mass is 32.1. The van der Waals surface area contributed by atoms with Crippen molar-refractivity contribution in [3.8, 4) is 0 Å². The molecule has 1 amide bonds. The average molecular weight is 329 g/mol. The quantitative estimate of drug-likeness (QED) is 0.697. The Morgan fingerprint density at radius 2 is 2.09 bits per heavy atom. The molecule has 3 aromatic rings. The maximum atomic E-state index is 12.6. The van der Waals surface area contributed by atoms with Crippen molar-refractivity contribution in [1.82, 2.24) is 24.7 Å². The maximum Gasteiger partial charge on any atom is 0.234 e. The molecule has 0 saturated carbocycles. The van der Waals surface area contributed by atoms with Crippen molar-refractivity contribution >= 4 is 22.2 Å². The second kappa shape index (κ2) is 6.87. The van der Waals surface area contributed by atoms with Crippen LogP contribution in [0.4, 0.5) is 0 Å². The topological polar surface area (TPSA) is 63.4 Å². The van der Waals surface area contributed by atoms with Gasteiger partial charge in [-0.1, -0.05) is 41.7 Å². The fourth-order valence-electron chi connectivity index (χ4n) is 2.40. The molecular formula is C16H19N5OS. The Kier molecular flexibility index (Phi) is 4.66. The van der Waals surface area contributed by atoms with E-state index < -0.39 is 0 Å². The molecule has 0 unspecified atom stereocenters. The molecular weight excluding hydrogens is 310 g/mol. The number of rotatable bonds is 6. The highest BCUT2D eigenvalue weighted by Crippen LogP contribution is 2.15. The summed E-state index contributed by atoms with van der Waals surface area (Å²) in [5.74, 6) is 0.148. The van der Waals surface area contributed by atoms with E-state index in [1.54, 1.807) is 10.8 Å². The van der Waals surface area contributed by atoms with Gasteiger partial charge in [0.25, 0.3) is 0 Å². The van der Waals surface area contributed by atoms with Crippen molar-refractivity contribution in [2.24, 2.45) is 0 Å². The Morgan fingerprint density at radius 3 is 2.78 bits per heavy atom. The first-order valence-corrected chi connectivity index (χ1v) is 8.44. The molecule has 2 heterocycles. The Hall–Kier alpha value is -2.28. The summed E-state index contributed by atoms with van der Waals surface area (Å²) in [5, 5.41) is 13.0. The van der Waals surface area contributed by atoms with Gasteiger partial charge in [-0.3, -0.25) is 4.79 Å². The lowest BCUT2D eigenvalue weighted by molar-refractivity contribution is -0.133. The van der Waals surface area contributed by atoms with E-state index in [0.29, 0.717) is 19.4 Å². The highest BCUT2D eigenvalue weighted by Gasteiger charge is 2.18. The minimum absolute atomic E-state index is 0.148. The molecule has 0 N–H and O–H groups in total. The molecule has 1 aromatic carbocycles. The second-order valence-corrected chi connectivity index (χ2v) is 6.70. The minimum atomic E-state index is 0.148. The third-order valence-corrected chi connectivity index (χ3v) is 4.59. The van der Waals surface area contributed by atoms with E-state index in [2.05, 4.69) is 15.3 Å². The number of nitrogens with zero attached hydrogens (tertiary/aromatic N) is 5. The van der Waals surface area contributed by atoms with Gasteiger partial charge in [0.2, 0.25) is 10.9 Å². The summed E-state index contributed by atoms with van der Waals surface area (Å²) in [4.78, 5) is 15.3. The first kappa shape index (κ1) is 15.6. The molecule has 0 atom stereocenters. The van der Waals surface area contributed by atoms with Gasteiger partial charge in [-0.25, -0.2) is 0 Å². The van der Waals surface area contributed by atoms with E-state index in [1.807, 2.05) is 49.1 Å². The summed E-state index contributed by atoms with van der Waals surface area (Å²) >= 11 is 1.48. The molecule has 2 aromatic heterocycles. The van der Waals surface area contributed by atoms with Crippen LogP contribution in [-0.2, 0) is 17.8 Å². The predicted molar refractivity (Wildman–Crippen MR) is 89.1 cm³/mol. The highest BCUT2D eigenvalue weighted by molar-refractivity contribution is 7.16. The lowest BCUT2D eigenvalue weighted by atomic mass is 10.1. The molecule has 0 saturated heterocycles. The van der Waals surface area contributed by atoms with Gasteiger partial charge >= 0.3 is 0 Å². The van der Waals surface area contributed by atoms with Gasteiger partial charge in [-0.15, -0.1) is 10.2 Å². The van der Waals surface area contributed by atoms with E-state index in [4.69, 9.17) is 0 Å². The number of aryl methyl sites for hydroxylation is 1. The Morgan fingerprint density at radius 1 is 1.30 bits per heavy atom. The summed E-state index contributed by atoms with van der Waals surface area (Å²) in [6.07, 6.45) is 2.66. The van der Waals surface area contributed by atoms with Crippen molar-refractivity contribution in [3.63, 3.8) is 0 Å². The van der Waals surface area contributed by atoms with Crippen LogP contribution in [0.25, 0.3) is 4.96 Å². The molecule has 3 rings (SSSR count). The normalized spacial score (nSPS) is 11.3. The zero-order chi connectivity index (χ0) is 16.2. The Bertz CT molecular complexity index is 751. The molecule has 7 heteroatoms. The van der Waals surface area contributed by atoms with Crippen LogP contribution in [0.5, 0.6) is 0 Å². The maximum absolute atomic E-state index is 12.6. The first-order valence-electron chi connectivity index (χ1n) is 7.62. The molecule has 0 bridgehead atoms. The third kappa shape index (κ3) is 3.73. The molecule has 0 aliphatic heterocycles. The Balaban J connectivity index is 1.63. The first-order chi connectivity index (χ1) is 11.1. The molecule has 120 valence electrons. The minimum Gasteiger partial charge on any atom is -0.336 e. The number of carbonyl (C=O) groups is 1. The number of hydrogen-bond donors (Lipinski definition) is 0. The smallest absolute Gasteiger partial charge is 0.234 e. The number of aromatic nitrogens is 4. The van der Waals surface area contributed by atoms with Gasteiger partial charge in [-0.2, -0.15) is 9.61 Å². The third-order valence-electron chi connectivity index (χ3n) is 3.62. The van der Waals surface area contributed by atoms with Crippen LogP contribution in [-0.4, -0.2) is 36.7 Å². The van der Waals surface area contributed by atoms with Gasteiger partial charge in [0.1, 0.15) is 11.3 Å². The van der Waals surface area contributed by atoms with Gasteiger partial charge in [0.05, 0.1) is 0 Å². The second-order valence-electron chi connectivity index (χ2n) is 5.65.